The van der Waals surface area contributed by atoms with Crippen molar-refractivity contribution >= 4 is 5.69 Å². The highest BCUT2D eigenvalue weighted by atomic mass is 15.2. The molecule has 4 rings (SSSR count). The normalized spacial score (nSPS) is 30.0. The molecule has 2 unspecified atom stereocenters. The molecule has 2 aliphatic heterocycles. The van der Waals surface area contributed by atoms with Crippen molar-refractivity contribution in [2.45, 2.75) is 57.0 Å². The Morgan fingerprint density at radius 3 is 2.89 bits per heavy atom. The van der Waals surface area contributed by atoms with Crippen LogP contribution in [0.2, 0.25) is 0 Å². The number of benzene rings is 1. The molecule has 2 atom stereocenters. The minimum absolute atomic E-state index is 0.788. The Hall–Kier alpha value is -1.02. The van der Waals surface area contributed by atoms with Gasteiger partial charge in [-0.1, -0.05) is 43.9 Å². The molecule has 0 amide bonds. The van der Waals surface area contributed by atoms with Crippen molar-refractivity contribution in [3.05, 3.63) is 29.3 Å². The monoisotopic (exact) mass is 256 g/mol. The van der Waals surface area contributed by atoms with Crippen LogP contribution in [0, 0.1) is 0 Å². The summed E-state index contributed by atoms with van der Waals surface area (Å²) in [6.07, 6.45) is 8.55. The third kappa shape index (κ3) is 1.88. The molecule has 102 valence electrons. The summed E-state index contributed by atoms with van der Waals surface area (Å²) in [5, 5.41) is 3.58. The molecule has 1 N–H and O–H groups in total. The van der Waals surface area contributed by atoms with E-state index in [9.17, 15) is 0 Å². The molecule has 1 fully saturated rings. The van der Waals surface area contributed by atoms with Gasteiger partial charge in [-0.2, -0.15) is 0 Å². The third-order valence-corrected chi connectivity index (χ3v) is 5.31. The first-order chi connectivity index (χ1) is 9.45. The van der Waals surface area contributed by atoms with Crippen molar-refractivity contribution in [1.29, 1.82) is 0 Å². The molecule has 1 aliphatic carbocycles. The molecule has 1 aromatic rings. The van der Waals surface area contributed by atoms with E-state index in [0.717, 1.165) is 25.0 Å². The lowest BCUT2D eigenvalue weighted by Crippen LogP contribution is -2.37. The zero-order valence-corrected chi connectivity index (χ0v) is 11.7. The summed E-state index contributed by atoms with van der Waals surface area (Å²) in [5.74, 6) is 0.813. The molecule has 1 saturated carbocycles. The lowest BCUT2D eigenvalue weighted by atomic mass is 9.84. The molecule has 2 heteroatoms. The van der Waals surface area contributed by atoms with Crippen LogP contribution in [0.25, 0.3) is 0 Å². The summed E-state index contributed by atoms with van der Waals surface area (Å²) < 4.78 is 0. The van der Waals surface area contributed by atoms with Crippen LogP contribution in [0.5, 0.6) is 0 Å². The van der Waals surface area contributed by atoms with E-state index in [0.29, 0.717) is 0 Å². The SMILES string of the molecule is c1cc2c3c(c1)C1CCCCCCC1N3CCNC2. The first kappa shape index (κ1) is 11.8. The van der Waals surface area contributed by atoms with Crippen molar-refractivity contribution in [1.82, 2.24) is 5.32 Å². The number of nitrogens with zero attached hydrogens (tertiary/aromatic N) is 1. The highest BCUT2D eigenvalue weighted by Crippen LogP contribution is 2.48. The molecule has 0 saturated heterocycles. The lowest BCUT2D eigenvalue weighted by Gasteiger charge is -2.31. The van der Waals surface area contributed by atoms with E-state index in [1.165, 1.54) is 50.6 Å². The van der Waals surface area contributed by atoms with Crippen LogP contribution < -0.4 is 10.2 Å². The van der Waals surface area contributed by atoms with Crippen LogP contribution in [0.1, 0.15) is 55.6 Å². The minimum atomic E-state index is 0.788. The lowest BCUT2D eigenvalue weighted by molar-refractivity contribution is 0.404. The van der Waals surface area contributed by atoms with Crippen molar-refractivity contribution in [3.63, 3.8) is 0 Å². The molecule has 0 radical (unpaired) electrons. The van der Waals surface area contributed by atoms with Gasteiger partial charge in [0.05, 0.1) is 0 Å². The molecule has 19 heavy (non-hydrogen) atoms. The van der Waals surface area contributed by atoms with Crippen molar-refractivity contribution in [3.8, 4) is 0 Å². The molecular formula is C17H24N2. The van der Waals surface area contributed by atoms with Gasteiger partial charge in [-0.15, -0.1) is 0 Å². The molecule has 2 nitrogen and oxygen atoms in total. The molecular weight excluding hydrogens is 232 g/mol. The van der Waals surface area contributed by atoms with Gasteiger partial charge in [-0.25, -0.2) is 0 Å². The van der Waals surface area contributed by atoms with Crippen molar-refractivity contribution < 1.29 is 0 Å². The third-order valence-electron chi connectivity index (χ3n) is 5.31. The van der Waals surface area contributed by atoms with Gasteiger partial charge in [0.15, 0.2) is 0 Å². The number of rotatable bonds is 0. The van der Waals surface area contributed by atoms with Crippen LogP contribution in [-0.4, -0.2) is 19.1 Å². The van der Waals surface area contributed by atoms with Gasteiger partial charge in [-0.3, -0.25) is 0 Å². The Balaban J connectivity index is 1.79. The summed E-state index contributed by atoms with van der Waals surface area (Å²) in [4.78, 5) is 2.75. The Kier molecular flexibility index (Phi) is 2.99. The van der Waals surface area contributed by atoms with Gasteiger partial charge in [0.25, 0.3) is 0 Å². The molecule has 0 aromatic heterocycles. The fourth-order valence-corrected chi connectivity index (χ4v) is 4.47. The van der Waals surface area contributed by atoms with Crippen LogP contribution in [0.15, 0.2) is 18.2 Å². The van der Waals surface area contributed by atoms with E-state index in [1.54, 1.807) is 11.3 Å². The summed E-state index contributed by atoms with van der Waals surface area (Å²) in [7, 11) is 0. The van der Waals surface area contributed by atoms with Gasteiger partial charge >= 0.3 is 0 Å². The molecule has 3 aliphatic rings. The highest BCUT2D eigenvalue weighted by molar-refractivity contribution is 5.67. The zero-order chi connectivity index (χ0) is 12.7. The second kappa shape index (κ2) is 4.82. The Bertz CT molecular complexity index is 468. The van der Waals surface area contributed by atoms with Crippen LogP contribution in [0.3, 0.4) is 0 Å². The number of fused-ring (bicyclic) bond motifs is 3. The number of nitrogens with one attached hydrogen (secondary N) is 1. The van der Waals surface area contributed by atoms with Gasteiger partial charge in [-0.05, 0) is 24.0 Å². The average Bonchev–Trinajstić information content (AvgIpc) is 2.57. The van der Waals surface area contributed by atoms with Crippen molar-refractivity contribution in [2.24, 2.45) is 0 Å². The van der Waals surface area contributed by atoms with E-state index < -0.39 is 0 Å². The fraction of sp³-hybridized carbons (Fsp3) is 0.647. The van der Waals surface area contributed by atoms with Crippen molar-refractivity contribution in [2.75, 3.05) is 18.0 Å². The van der Waals surface area contributed by atoms with Crippen LogP contribution >= 0.6 is 0 Å². The first-order valence-corrected chi connectivity index (χ1v) is 8.04. The number of hydrogen-bond donors (Lipinski definition) is 1. The summed E-state index contributed by atoms with van der Waals surface area (Å²) in [5.41, 5.74) is 4.79. The molecule has 1 aromatic carbocycles. The Morgan fingerprint density at radius 1 is 1.05 bits per heavy atom. The second-order valence-electron chi connectivity index (χ2n) is 6.39. The zero-order valence-electron chi connectivity index (χ0n) is 11.7. The Morgan fingerprint density at radius 2 is 1.95 bits per heavy atom. The maximum absolute atomic E-state index is 3.58. The smallest absolute Gasteiger partial charge is 0.0451 e. The van der Waals surface area contributed by atoms with E-state index in [2.05, 4.69) is 28.4 Å². The van der Waals surface area contributed by atoms with E-state index in [1.807, 2.05) is 0 Å². The fourth-order valence-electron chi connectivity index (χ4n) is 4.47. The summed E-state index contributed by atoms with van der Waals surface area (Å²) in [6, 6.07) is 7.80. The predicted octanol–water partition coefficient (Wildman–Crippen LogP) is 3.42. The molecule has 0 bridgehead atoms. The molecule has 2 heterocycles. The van der Waals surface area contributed by atoms with Gasteiger partial charge in [0, 0.05) is 37.3 Å². The predicted molar refractivity (Wildman–Crippen MR) is 79.7 cm³/mol. The van der Waals surface area contributed by atoms with Crippen LogP contribution in [0.4, 0.5) is 5.69 Å². The maximum Gasteiger partial charge on any atom is 0.0451 e. The van der Waals surface area contributed by atoms with E-state index in [4.69, 9.17) is 0 Å². The first-order valence-electron chi connectivity index (χ1n) is 8.04. The van der Waals surface area contributed by atoms with Gasteiger partial charge in [0.1, 0.15) is 0 Å². The topological polar surface area (TPSA) is 15.3 Å². The number of para-hydroxylation sites is 1. The van der Waals surface area contributed by atoms with Gasteiger partial charge < -0.3 is 10.2 Å². The van der Waals surface area contributed by atoms with Crippen LogP contribution in [-0.2, 0) is 6.54 Å². The standard InChI is InChI=1S/C17H24N2/c1-2-4-9-16-14(7-3-1)15-8-5-6-13-12-18-10-11-19(16)17(13)15/h5-6,8,14,16,18H,1-4,7,9-12H2. The second-order valence-corrected chi connectivity index (χ2v) is 6.39. The average molecular weight is 256 g/mol. The maximum atomic E-state index is 3.58. The van der Waals surface area contributed by atoms with E-state index in [-0.39, 0.29) is 0 Å². The summed E-state index contributed by atoms with van der Waals surface area (Å²) in [6.45, 7) is 3.39. The molecule has 0 spiro atoms. The van der Waals surface area contributed by atoms with Gasteiger partial charge in [0.2, 0.25) is 0 Å². The number of hydrogen-bond acceptors (Lipinski definition) is 2. The summed E-state index contributed by atoms with van der Waals surface area (Å²) >= 11 is 0. The Labute approximate surface area is 116 Å². The largest absolute Gasteiger partial charge is 0.366 e. The number of anilines is 1. The minimum Gasteiger partial charge on any atom is -0.366 e. The quantitative estimate of drug-likeness (QED) is 0.765. The van der Waals surface area contributed by atoms with E-state index >= 15 is 0 Å². The highest BCUT2D eigenvalue weighted by Gasteiger charge is 2.39.